The molecule has 2 saturated heterocycles. The number of carbonyl (C=O) groups excluding carboxylic acids is 1. The van der Waals surface area contributed by atoms with Crippen molar-refractivity contribution >= 4 is 15.9 Å². The van der Waals surface area contributed by atoms with E-state index in [-0.39, 0.29) is 10.8 Å². The summed E-state index contributed by atoms with van der Waals surface area (Å²) in [5.74, 6) is 0.530. The van der Waals surface area contributed by atoms with Gasteiger partial charge in [-0.3, -0.25) is 4.79 Å². The van der Waals surface area contributed by atoms with Crippen molar-refractivity contribution in [2.24, 2.45) is 5.92 Å². The lowest BCUT2D eigenvalue weighted by molar-refractivity contribution is 0.0684. The lowest BCUT2D eigenvalue weighted by atomic mass is 9.94. The van der Waals surface area contributed by atoms with Crippen LogP contribution < -0.4 is 0 Å². The topological polar surface area (TPSA) is 57.7 Å². The molecule has 6 heteroatoms. The molecule has 1 amide bonds. The fourth-order valence-corrected chi connectivity index (χ4v) is 5.53. The molecule has 5 nitrogen and oxygen atoms in total. The van der Waals surface area contributed by atoms with Gasteiger partial charge in [-0.05, 0) is 43.7 Å². The molecule has 2 heterocycles. The zero-order valence-corrected chi connectivity index (χ0v) is 15.8. The molecule has 138 valence electrons. The van der Waals surface area contributed by atoms with Gasteiger partial charge in [0.2, 0.25) is 10.0 Å². The summed E-state index contributed by atoms with van der Waals surface area (Å²) < 4.78 is 27.6. The van der Waals surface area contributed by atoms with Gasteiger partial charge in [0, 0.05) is 26.2 Å². The zero-order valence-electron chi connectivity index (χ0n) is 15.0. The lowest BCUT2D eigenvalue weighted by Gasteiger charge is -2.32. The van der Waals surface area contributed by atoms with Crippen LogP contribution in [0.2, 0.25) is 0 Å². The molecule has 2 aliphatic heterocycles. The van der Waals surface area contributed by atoms with Crippen LogP contribution in [-0.4, -0.2) is 49.7 Å². The van der Waals surface area contributed by atoms with E-state index in [9.17, 15) is 13.2 Å². The molecule has 0 saturated carbocycles. The van der Waals surface area contributed by atoms with Crippen molar-refractivity contribution in [1.82, 2.24) is 9.21 Å². The van der Waals surface area contributed by atoms with Gasteiger partial charge < -0.3 is 4.90 Å². The summed E-state index contributed by atoms with van der Waals surface area (Å²) >= 11 is 0. The third-order valence-electron chi connectivity index (χ3n) is 5.53. The molecule has 0 unspecified atom stereocenters. The summed E-state index contributed by atoms with van der Waals surface area (Å²) in [6, 6.07) is 6.69. The number of hydrogen-bond acceptors (Lipinski definition) is 3. The van der Waals surface area contributed by atoms with Crippen LogP contribution in [0.15, 0.2) is 29.2 Å². The van der Waals surface area contributed by atoms with Gasteiger partial charge in [0.15, 0.2) is 0 Å². The Kier molecular flexibility index (Phi) is 5.79. The highest BCUT2D eigenvalue weighted by Gasteiger charge is 2.32. The maximum atomic E-state index is 13.0. The Bertz CT molecular complexity index is 703. The summed E-state index contributed by atoms with van der Waals surface area (Å²) in [4.78, 5) is 15.0. The number of sulfonamides is 1. The fraction of sp³-hybridized carbons (Fsp3) is 0.632. The molecule has 0 aromatic heterocycles. The zero-order chi connectivity index (χ0) is 17.9. The average molecular weight is 365 g/mol. The quantitative estimate of drug-likeness (QED) is 0.825. The average Bonchev–Trinajstić information content (AvgIpc) is 2.68. The Morgan fingerprint density at radius 2 is 1.68 bits per heavy atom. The monoisotopic (exact) mass is 364 g/mol. The Hall–Kier alpha value is -1.40. The van der Waals surface area contributed by atoms with Gasteiger partial charge in [-0.1, -0.05) is 31.9 Å². The number of hydrogen-bond donors (Lipinski definition) is 0. The van der Waals surface area contributed by atoms with E-state index in [1.807, 2.05) is 4.90 Å². The number of rotatable bonds is 4. The highest BCUT2D eigenvalue weighted by molar-refractivity contribution is 7.89. The number of amides is 1. The van der Waals surface area contributed by atoms with Crippen LogP contribution in [0.25, 0.3) is 0 Å². The van der Waals surface area contributed by atoms with Crippen molar-refractivity contribution in [3.63, 3.8) is 0 Å². The molecule has 2 aliphatic rings. The summed E-state index contributed by atoms with van der Waals surface area (Å²) in [7, 11) is -3.61. The van der Waals surface area contributed by atoms with E-state index in [1.54, 1.807) is 24.3 Å². The van der Waals surface area contributed by atoms with Gasteiger partial charge >= 0.3 is 0 Å². The minimum absolute atomic E-state index is 0.147. The number of nitrogens with zero attached hydrogens (tertiary/aromatic N) is 2. The van der Waals surface area contributed by atoms with E-state index in [4.69, 9.17) is 0 Å². The van der Waals surface area contributed by atoms with Gasteiger partial charge in [0.1, 0.15) is 0 Å². The summed E-state index contributed by atoms with van der Waals surface area (Å²) in [6.07, 6.45) is 5.99. The second-order valence-electron chi connectivity index (χ2n) is 7.10. The van der Waals surface area contributed by atoms with E-state index in [2.05, 4.69) is 6.92 Å². The maximum Gasteiger partial charge on any atom is 0.255 e. The maximum absolute atomic E-state index is 13.0. The first-order chi connectivity index (χ1) is 12.0. The van der Waals surface area contributed by atoms with E-state index in [0.717, 1.165) is 51.6 Å². The molecular weight excluding hydrogens is 336 g/mol. The van der Waals surface area contributed by atoms with Gasteiger partial charge in [-0.25, -0.2) is 8.42 Å². The Labute approximate surface area is 151 Å². The van der Waals surface area contributed by atoms with Crippen LogP contribution in [0.1, 0.15) is 55.8 Å². The standard InChI is InChI=1S/C19H28N2O3S/c1-2-16-10-14-20(15-11-16)19(22)17-8-4-5-9-18(17)25(23,24)21-12-6-3-7-13-21/h4-5,8-9,16H,2-3,6-7,10-15H2,1H3. The molecule has 25 heavy (non-hydrogen) atoms. The fourth-order valence-electron chi connectivity index (χ4n) is 3.83. The number of piperidine rings is 2. The molecule has 2 fully saturated rings. The van der Waals surface area contributed by atoms with Gasteiger partial charge in [0.05, 0.1) is 10.5 Å². The van der Waals surface area contributed by atoms with E-state index in [0.29, 0.717) is 24.6 Å². The van der Waals surface area contributed by atoms with Gasteiger partial charge in [-0.2, -0.15) is 4.31 Å². The van der Waals surface area contributed by atoms with Crippen molar-refractivity contribution < 1.29 is 13.2 Å². The molecule has 0 aliphatic carbocycles. The second kappa shape index (κ2) is 7.87. The minimum atomic E-state index is -3.61. The SMILES string of the molecule is CCC1CCN(C(=O)c2ccccc2S(=O)(=O)N2CCCCC2)CC1. The van der Waals surface area contributed by atoms with E-state index in [1.165, 1.54) is 4.31 Å². The molecule has 0 radical (unpaired) electrons. The lowest BCUT2D eigenvalue weighted by Crippen LogP contribution is -2.40. The van der Waals surface area contributed by atoms with Crippen molar-refractivity contribution in [1.29, 1.82) is 0 Å². The predicted molar refractivity (Wildman–Crippen MR) is 98.0 cm³/mol. The first-order valence-corrected chi connectivity index (χ1v) is 10.9. The Balaban J connectivity index is 1.84. The smallest absolute Gasteiger partial charge is 0.255 e. The Morgan fingerprint density at radius 1 is 1.04 bits per heavy atom. The van der Waals surface area contributed by atoms with Crippen LogP contribution in [0.5, 0.6) is 0 Å². The second-order valence-corrected chi connectivity index (χ2v) is 9.01. The van der Waals surface area contributed by atoms with Crippen LogP contribution in [0, 0.1) is 5.92 Å². The highest BCUT2D eigenvalue weighted by atomic mass is 32.2. The van der Waals surface area contributed by atoms with Crippen LogP contribution in [0.4, 0.5) is 0 Å². The summed E-state index contributed by atoms with van der Waals surface area (Å²) in [5.41, 5.74) is 0.322. The molecule has 1 aromatic carbocycles. The van der Waals surface area contributed by atoms with E-state index >= 15 is 0 Å². The van der Waals surface area contributed by atoms with Crippen molar-refractivity contribution in [2.75, 3.05) is 26.2 Å². The highest BCUT2D eigenvalue weighted by Crippen LogP contribution is 2.26. The van der Waals surface area contributed by atoms with E-state index < -0.39 is 10.0 Å². The molecule has 0 atom stereocenters. The van der Waals surface area contributed by atoms with Crippen LogP contribution in [-0.2, 0) is 10.0 Å². The third-order valence-corrected chi connectivity index (χ3v) is 7.49. The normalized spacial score (nSPS) is 20.6. The molecule has 1 aromatic rings. The van der Waals surface area contributed by atoms with Crippen LogP contribution >= 0.6 is 0 Å². The van der Waals surface area contributed by atoms with Crippen molar-refractivity contribution in [2.45, 2.75) is 50.3 Å². The third kappa shape index (κ3) is 3.90. The van der Waals surface area contributed by atoms with Gasteiger partial charge in [-0.15, -0.1) is 0 Å². The van der Waals surface area contributed by atoms with Gasteiger partial charge in [0.25, 0.3) is 5.91 Å². The first-order valence-electron chi connectivity index (χ1n) is 9.42. The molecule has 3 rings (SSSR count). The van der Waals surface area contributed by atoms with Crippen LogP contribution in [0.3, 0.4) is 0 Å². The number of carbonyl (C=O) groups is 1. The largest absolute Gasteiger partial charge is 0.339 e. The molecule has 0 bridgehead atoms. The summed E-state index contributed by atoms with van der Waals surface area (Å²) in [5, 5.41) is 0. The number of likely N-dealkylation sites (tertiary alicyclic amines) is 1. The first kappa shape index (κ1) is 18.4. The summed E-state index contributed by atoms with van der Waals surface area (Å²) in [6.45, 7) is 4.72. The predicted octanol–water partition coefficient (Wildman–Crippen LogP) is 3.12. The van der Waals surface area contributed by atoms with Crippen molar-refractivity contribution in [3.8, 4) is 0 Å². The molecule has 0 spiro atoms. The molecule has 0 N–H and O–H groups in total. The Morgan fingerprint density at radius 3 is 2.32 bits per heavy atom. The van der Waals surface area contributed by atoms with Crippen molar-refractivity contribution in [3.05, 3.63) is 29.8 Å². The number of benzene rings is 1. The minimum Gasteiger partial charge on any atom is -0.339 e. The molecular formula is C19H28N2O3S.